The lowest BCUT2D eigenvalue weighted by molar-refractivity contribution is 0.579. The molecule has 1 nitrogen and oxygen atoms in total. The van der Waals surface area contributed by atoms with E-state index in [1.807, 2.05) is 0 Å². The minimum Gasteiger partial charge on any atom is -0.324 e. The molecule has 0 radical (unpaired) electrons. The van der Waals surface area contributed by atoms with E-state index in [9.17, 15) is 8.78 Å². The van der Waals surface area contributed by atoms with Gasteiger partial charge in [-0.2, -0.15) is 0 Å². The van der Waals surface area contributed by atoms with Crippen molar-refractivity contribution in [1.82, 2.24) is 0 Å². The van der Waals surface area contributed by atoms with Gasteiger partial charge in [-0.3, -0.25) is 0 Å². The average molecular weight is 282 g/mol. The second-order valence-electron chi connectivity index (χ2n) is 4.52. The Kier molecular flexibility index (Phi) is 4.17. The molecule has 0 aromatic heterocycles. The Morgan fingerprint density at radius 2 is 1.95 bits per heavy atom. The van der Waals surface area contributed by atoms with Gasteiger partial charge in [0.25, 0.3) is 0 Å². The van der Waals surface area contributed by atoms with Gasteiger partial charge in [-0.25, -0.2) is 8.78 Å². The van der Waals surface area contributed by atoms with Crippen molar-refractivity contribution in [3.05, 3.63) is 69.7 Å². The van der Waals surface area contributed by atoms with Gasteiger partial charge in [0.05, 0.1) is 0 Å². The van der Waals surface area contributed by atoms with Crippen molar-refractivity contribution in [3.63, 3.8) is 0 Å². The van der Waals surface area contributed by atoms with Crippen LogP contribution in [0.2, 0.25) is 5.02 Å². The molecule has 0 aliphatic heterocycles. The molecule has 0 heterocycles. The van der Waals surface area contributed by atoms with E-state index in [1.54, 1.807) is 19.1 Å². The first-order chi connectivity index (χ1) is 8.99. The van der Waals surface area contributed by atoms with Crippen LogP contribution in [0.3, 0.4) is 0 Å². The monoisotopic (exact) mass is 281 g/mol. The summed E-state index contributed by atoms with van der Waals surface area (Å²) in [6.07, 6.45) is 0.409. The number of benzene rings is 2. The van der Waals surface area contributed by atoms with E-state index in [0.717, 1.165) is 11.1 Å². The normalized spacial score (nSPS) is 12.5. The largest absolute Gasteiger partial charge is 0.324 e. The summed E-state index contributed by atoms with van der Waals surface area (Å²) in [5.41, 5.74) is 7.99. The van der Waals surface area contributed by atoms with Crippen LogP contribution in [0.4, 0.5) is 8.78 Å². The molecule has 0 aliphatic rings. The molecule has 1 unspecified atom stereocenters. The number of hydrogen-bond donors (Lipinski definition) is 1. The molecule has 0 fully saturated rings. The van der Waals surface area contributed by atoms with Gasteiger partial charge in [0.2, 0.25) is 0 Å². The molecule has 0 saturated heterocycles. The molecule has 2 aromatic carbocycles. The maximum atomic E-state index is 13.7. The van der Waals surface area contributed by atoms with Crippen LogP contribution < -0.4 is 5.73 Å². The quantitative estimate of drug-likeness (QED) is 0.898. The molecular formula is C15H14ClF2N. The first-order valence-electron chi connectivity index (χ1n) is 5.93. The maximum Gasteiger partial charge on any atom is 0.129 e. The van der Waals surface area contributed by atoms with Gasteiger partial charge in [-0.15, -0.1) is 0 Å². The van der Waals surface area contributed by atoms with Gasteiger partial charge in [-0.05, 0) is 48.7 Å². The Labute approximate surface area is 116 Å². The van der Waals surface area contributed by atoms with Crippen LogP contribution in [0, 0.1) is 18.6 Å². The van der Waals surface area contributed by atoms with Gasteiger partial charge >= 0.3 is 0 Å². The third-order valence-electron chi connectivity index (χ3n) is 3.11. The van der Waals surface area contributed by atoms with Crippen LogP contribution in [-0.4, -0.2) is 0 Å². The highest BCUT2D eigenvalue weighted by Gasteiger charge is 2.16. The number of halogens is 3. The Bertz CT molecular complexity index is 578. The maximum absolute atomic E-state index is 13.7. The third kappa shape index (κ3) is 3.11. The first kappa shape index (κ1) is 14.0. The van der Waals surface area contributed by atoms with Crippen LogP contribution in [0.5, 0.6) is 0 Å². The van der Waals surface area contributed by atoms with Crippen LogP contribution >= 0.6 is 11.6 Å². The molecule has 0 bridgehead atoms. The van der Waals surface area contributed by atoms with Gasteiger partial charge in [0.1, 0.15) is 11.6 Å². The van der Waals surface area contributed by atoms with E-state index in [4.69, 9.17) is 17.3 Å². The second-order valence-corrected chi connectivity index (χ2v) is 4.92. The van der Waals surface area contributed by atoms with Gasteiger partial charge in [-0.1, -0.05) is 23.7 Å². The summed E-state index contributed by atoms with van der Waals surface area (Å²) in [7, 11) is 0. The number of aryl methyl sites for hydroxylation is 1. The zero-order chi connectivity index (χ0) is 14.0. The standard InChI is InChI=1S/C15H14ClF2N/c1-9-7-11(17)6-5-10(9)8-14(19)15-12(16)3-2-4-13(15)18/h2-7,14H,8,19H2,1H3. The summed E-state index contributed by atoms with van der Waals surface area (Å²) in [6.45, 7) is 1.80. The third-order valence-corrected chi connectivity index (χ3v) is 3.44. The Balaban J connectivity index is 2.28. The number of hydrogen-bond acceptors (Lipinski definition) is 1. The second kappa shape index (κ2) is 5.68. The highest BCUT2D eigenvalue weighted by atomic mass is 35.5. The lowest BCUT2D eigenvalue weighted by Crippen LogP contribution is -2.16. The highest BCUT2D eigenvalue weighted by Crippen LogP contribution is 2.27. The van der Waals surface area contributed by atoms with Crippen LogP contribution in [-0.2, 0) is 6.42 Å². The summed E-state index contributed by atoms with van der Waals surface area (Å²) in [6, 6.07) is 8.40. The van der Waals surface area contributed by atoms with Crippen molar-refractivity contribution in [3.8, 4) is 0 Å². The van der Waals surface area contributed by atoms with Crippen molar-refractivity contribution in [1.29, 1.82) is 0 Å². The Morgan fingerprint density at radius 1 is 1.21 bits per heavy atom. The SMILES string of the molecule is Cc1cc(F)ccc1CC(N)c1c(F)cccc1Cl. The minimum atomic E-state index is -0.558. The summed E-state index contributed by atoms with van der Waals surface area (Å²) in [4.78, 5) is 0. The summed E-state index contributed by atoms with van der Waals surface area (Å²) in [5.74, 6) is -0.710. The molecular weight excluding hydrogens is 268 g/mol. The van der Waals surface area contributed by atoms with Crippen molar-refractivity contribution in [2.75, 3.05) is 0 Å². The van der Waals surface area contributed by atoms with E-state index in [1.165, 1.54) is 24.3 Å². The fraction of sp³-hybridized carbons (Fsp3) is 0.200. The molecule has 2 N–H and O–H groups in total. The molecule has 0 spiro atoms. The van der Waals surface area contributed by atoms with Crippen molar-refractivity contribution >= 4 is 11.6 Å². The Hall–Kier alpha value is -1.45. The lowest BCUT2D eigenvalue weighted by Gasteiger charge is -2.16. The molecule has 4 heteroatoms. The molecule has 2 aromatic rings. The van der Waals surface area contributed by atoms with E-state index in [2.05, 4.69) is 0 Å². The highest BCUT2D eigenvalue weighted by molar-refractivity contribution is 6.31. The van der Waals surface area contributed by atoms with Crippen molar-refractivity contribution < 1.29 is 8.78 Å². The molecule has 0 saturated carbocycles. The Morgan fingerprint density at radius 3 is 2.58 bits per heavy atom. The van der Waals surface area contributed by atoms with E-state index in [0.29, 0.717) is 17.0 Å². The molecule has 2 rings (SSSR count). The smallest absolute Gasteiger partial charge is 0.129 e. The molecule has 19 heavy (non-hydrogen) atoms. The number of rotatable bonds is 3. The molecule has 0 aliphatic carbocycles. The van der Waals surface area contributed by atoms with E-state index < -0.39 is 11.9 Å². The zero-order valence-corrected chi connectivity index (χ0v) is 11.2. The topological polar surface area (TPSA) is 26.0 Å². The summed E-state index contributed by atoms with van der Waals surface area (Å²) in [5, 5.41) is 0.312. The number of nitrogens with two attached hydrogens (primary N) is 1. The molecule has 100 valence electrons. The van der Waals surface area contributed by atoms with Crippen molar-refractivity contribution in [2.45, 2.75) is 19.4 Å². The fourth-order valence-corrected chi connectivity index (χ4v) is 2.40. The molecule has 1 atom stereocenters. The van der Waals surface area contributed by atoms with Crippen LogP contribution in [0.1, 0.15) is 22.7 Å². The molecule has 0 amide bonds. The van der Waals surface area contributed by atoms with Gasteiger partial charge < -0.3 is 5.73 Å². The van der Waals surface area contributed by atoms with E-state index in [-0.39, 0.29) is 5.82 Å². The fourth-order valence-electron chi connectivity index (χ4n) is 2.09. The van der Waals surface area contributed by atoms with Crippen LogP contribution in [0.15, 0.2) is 36.4 Å². The predicted molar refractivity (Wildman–Crippen MR) is 73.2 cm³/mol. The average Bonchev–Trinajstić information content (AvgIpc) is 2.32. The van der Waals surface area contributed by atoms with Gasteiger partial charge in [0, 0.05) is 16.6 Å². The lowest BCUT2D eigenvalue weighted by atomic mass is 9.96. The summed E-state index contributed by atoms with van der Waals surface area (Å²) < 4.78 is 26.8. The summed E-state index contributed by atoms with van der Waals surface area (Å²) >= 11 is 5.98. The van der Waals surface area contributed by atoms with Crippen LogP contribution in [0.25, 0.3) is 0 Å². The van der Waals surface area contributed by atoms with Crippen molar-refractivity contribution in [2.24, 2.45) is 5.73 Å². The minimum absolute atomic E-state index is 0.293. The van der Waals surface area contributed by atoms with Gasteiger partial charge in [0.15, 0.2) is 0 Å². The van der Waals surface area contributed by atoms with E-state index >= 15 is 0 Å². The first-order valence-corrected chi connectivity index (χ1v) is 6.31. The predicted octanol–water partition coefficient (Wildman–Crippen LogP) is 4.17. The zero-order valence-electron chi connectivity index (χ0n) is 10.5.